The molecule has 1 aromatic carbocycles. The van der Waals surface area contributed by atoms with Crippen molar-refractivity contribution >= 4 is 17.2 Å². The molecule has 5 nitrogen and oxygen atoms in total. The number of anilines is 2. The highest BCUT2D eigenvalue weighted by Crippen LogP contribution is 2.17. The van der Waals surface area contributed by atoms with Crippen LogP contribution in [0.5, 0.6) is 0 Å². The number of nitrogens with two attached hydrogens (primary N) is 1. The van der Waals surface area contributed by atoms with Crippen LogP contribution in [0.4, 0.5) is 11.4 Å². The Morgan fingerprint density at radius 1 is 1.39 bits per heavy atom. The van der Waals surface area contributed by atoms with E-state index < -0.39 is 0 Å². The maximum Gasteiger partial charge on any atom is 0.141 e. The first-order chi connectivity index (χ1) is 8.56. The molecule has 0 saturated carbocycles. The Kier molecular flexibility index (Phi) is 5.30. The Balaban J connectivity index is 2.64. The van der Waals surface area contributed by atoms with E-state index in [1.54, 1.807) is 0 Å². The monoisotopic (exact) mass is 250 g/mol. The third kappa shape index (κ3) is 4.16. The van der Waals surface area contributed by atoms with E-state index in [0.717, 1.165) is 17.8 Å². The molecule has 100 valence electrons. The quantitative estimate of drug-likeness (QED) is 0.313. The number of hydrogen-bond donors (Lipinski definition) is 3. The molecule has 0 spiro atoms. The molecule has 4 N–H and O–H groups in total. The van der Waals surface area contributed by atoms with Crippen LogP contribution >= 0.6 is 0 Å². The molecule has 1 aromatic rings. The number of rotatable bonds is 6. The maximum atomic E-state index is 8.57. The average Bonchev–Trinajstić information content (AvgIpc) is 2.38. The van der Waals surface area contributed by atoms with Crippen molar-refractivity contribution in [2.75, 3.05) is 24.3 Å². The third-order valence-corrected chi connectivity index (χ3v) is 2.83. The summed E-state index contributed by atoms with van der Waals surface area (Å²) in [5.41, 5.74) is 7.72. The predicted molar refractivity (Wildman–Crippen MR) is 76.5 cm³/mol. The van der Waals surface area contributed by atoms with Crippen molar-refractivity contribution in [1.82, 2.24) is 0 Å². The summed E-state index contributed by atoms with van der Waals surface area (Å²) in [5.74, 6) is 0.249. The number of amidine groups is 1. The second kappa shape index (κ2) is 6.74. The van der Waals surface area contributed by atoms with Gasteiger partial charge in [0.25, 0.3) is 0 Å². The highest BCUT2D eigenvalue weighted by molar-refractivity contribution is 5.80. The van der Waals surface area contributed by atoms with E-state index in [2.05, 4.69) is 34.4 Å². The van der Waals surface area contributed by atoms with Gasteiger partial charge in [-0.25, -0.2) is 0 Å². The van der Waals surface area contributed by atoms with Gasteiger partial charge in [0.2, 0.25) is 0 Å². The average molecular weight is 250 g/mol. The van der Waals surface area contributed by atoms with Gasteiger partial charge >= 0.3 is 0 Å². The maximum absolute atomic E-state index is 8.57. The van der Waals surface area contributed by atoms with Gasteiger partial charge in [-0.05, 0) is 30.7 Å². The van der Waals surface area contributed by atoms with Crippen LogP contribution in [-0.2, 0) is 0 Å². The smallest absolute Gasteiger partial charge is 0.141 e. The fourth-order valence-corrected chi connectivity index (χ4v) is 1.68. The van der Waals surface area contributed by atoms with Crippen LogP contribution < -0.4 is 16.0 Å². The number of nitrogens with zero attached hydrogens (tertiary/aromatic N) is 2. The molecule has 5 heteroatoms. The van der Waals surface area contributed by atoms with E-state index in [0.29, 0.717) is 6.42 Å². The fourth-order valence-electron chi connectivity index (χ4n) is 1.68. The summed E-state index contributed by atoms with van der Waals surface area (Å²) in [7, 11) is 4.02. The van der Waals surface area contributed by atoms with Crippen molar-refractivity contribution < 1.29 is 5.21 Å². The van der Waals surface area contributed by atoms with Gasteiger partial charge in [-0.1, -0.05) is 12.1 Å². The molecule has 1 rings (SSSR count). The summed E-state index contributed by atoms with van der Waals surface area (Å²) in [6.07, 6.45) is 1.44. The molecular formula is C13H22N4O. The molecule has 0 radical (unpaired) electrons. The van der Waals surface area contributed by atoms with Gasteiger partial charge in [0, 0.05) is 37.9 Å². The van der Waals surface area contributed by atoms with Crippen LogP contribution in [0, 0.1) is 0 Å². The van der Waals surface area contributed by atoms with Crippen molar-refractivity contribution in [1.29, 1.82) is 0 Å². The lowest BCUT2D eigenvalue weighted by molar-refractivity contribution is 0.316. The number of benzene rings is 1. The van der Waals surface area contributed by atoms with E-state index in [4.69, 9.17) is 10.9 Å². The Morgan fingerprint density at radius 2 is 2.00 bits per heavy atom. The molecule has 0 aliphatic heterocycles. The Hall–Kier alpha value is -1.91. The lowest BCUT2D eigenvalue weighted by Crippen LogP contribution is -2.26. The van der Waals surface area contributed by atoms with Gasteiger partial charge in [-0.15, -0.1) is 0 Å². The van der Waals surface area contributed by atoms with Crippen LogP contribution in [0.15, 0.2) is 29.4 Å². The zero-order chi connectivity index (χ0) is 13.5. The van der Waals surface area contributed by atoms with Gasteiger partial charge in [0.1, 0.15) is 5.84 Å². The number of nitrogens with one attached hydrogen (secondary N) is 1. The molecule has 0 heterocycles. The zero-order valence-electron chi connectivity index (χ0n) is 11.2. The predicted octanol–water partition coefficient (Wildman–Crippen LogP) is 2.08. The van der Waals surface area contributed by atoms with Crippen LogP contribution in [-0.4, -0.2) is 31.2 Å². The van der Waals surface area contributed by atoms with E-state index in [1.165, 1.54) is 0 Å². The minimum absolute atomic E-state index is 0.172. The molecular weight excluding hydrogens is 228 g/mol. The third-order valence-electron chi connectivity index (χ3n) is 2.83. The van der Waals surface area contributed by atoms with Gasteiger partial charge in [-0.2, -0.15) is 0 Å². The molecule has 0 aliphatic rings. The Labute approximate surface area is 108 Å². The first-order valence-electron chi connectivity index (χ1n) is 6.07. The van der Waals surface area contributed by atoms with Crippen molar-refractivity contribution in [2.45, 2.75) is 25.8 Å². The topological polar surface area (TPSA) is 73.9 Å². The minimum Gasteiger partial charge on any atom is -0.409 e. The number of oxime groups is 1. The Morgan fingerprint density at radius 3 is 2.44 bits per heavy atom. The largest absolute Gasteiger partial charge is 0.409 e. The highest BCUT2D eigenvalue weighted by atomic mass is 16.4. The fraction of sp³-hybridized carbons (Fsp3) is 0.462. The van der Waals surface area contributed by atoms with Crippen LogP contribution in [0.1, 0.15) is 19.8 Å². The summed E-state index contributed by atoms with van der Waals surface area (Å²) in [5, 5.41) is 14.9. The molecule has 18 heavy (non-hydrogen) atoms. The summed E-state index contributed by atoms with van der Waals surface area (Å²) in [6.45, 7) is 2.07. The van der Waals surface area contributed by atoms with Gasteiger partial charge in [0.15, 0.2) is 0 Å². The van der Waals surface area contributed by atoms with Crippen molar-refractivity contribution in [3.63, 3.8) is 0 Å². The number of hydrogen-bond acceptors (Lipinski definition) is 4. The van der Waals surface area contributed by atoms with Crippen molar-refractivity contribution in [3.05, 3.63) is 24.3 Å². The second-order valence-electron chi connectivity index (χ2n) is 4.49. The first-order valence-corrected chi connectivity index (χ1v) is 6.07. The van der Waals surface area contributed by atoms with E-state index in [1.807, 2.05) is 26.2 Å². The van der Waals surface area contributed by atoms with Crippen LogP contribution in [0.3, 0.4) is 0 Å². The second-order valence-corrected chi connectivity index (χ2v) is 4.49. The molecule has 1 atom stereocenters. The van der Waals surface area contributed by atoms with Gasteiger partial charge < -0.3 is 21.2 Å². The summed E-state index contributed by atoms with van der Waals surface area (Å²) >= 11 is 0. The summed E-state index contributed by atoms with van der Waals surface area (Å²) in [6, 6.07) is 8.34. The summed E-state index contributed by atoms with van der Waals surface area (Å²) < 4.78 is 0. The van der Waals surface area contributed by atoms with Crippen LogP contribution in [0.25, 0.3) is 0 Å². The first kappa shape index (κ1) is 14.2. The molecule has 0 saturated heterocycles. The molecule has 0 aromatic heterocycles. The van der Waals surface area contributed by atoms with Crippen molar-refractivity contribution in [2.24, 2.45) is 10.9 Å². The van der Waals surface area contributed by atoms with Gasteiger partial charge in [0.05, 0.1) is 0 Å². The minimum atomic E-state index is 0.172. The molecule has 1 unspecified atom stereocenters. The molecule has 0 bridgehead atoms. The van der Waals surface area contributed by atoms with E-state index in [9.17, 15) is 0 Å². The summed E-state index contributed by atoms with van der Waals surface area (Å²) in [4.78, 5) is 2.05. The molecule has 0 amide bonds. The standard InChI is InChI=1S/C13H22N4O/c1-4-10(9-13(14)16-18)15-11-5-7-12(8-6-11)17(2)3/h5-8,10,15,18H,4,9H2,1-3H3,(H2,14,16). The Bertz CT molecular complexity index is 386. The van der Waals surface area contributed by atoms with Gasteiger partial charge in [-0.3, -0.25) is 0 Å². The van der Waals surface area contributed by atoms with Crippen LogP contribution in [0.2, 0.25) is 0 Å². The highest BCUT2D eigenvalue weighted by Gasteiger charge is 2.08. The lowest BCUT2D eigenvalue weighted by atomic mass is 10.1. The van der Waals surface area contributed by atoms with Crippen molar-refractivity contribution in [3.8, 4) is 0 Å². The van der Waals surface area contributed by atoms with E-state index in [-0.39, 0.29) is 11.9 Å². The molecule has 0 aliphatic carbocycles. The van der Waals surface area contributed by atoms with E-state index >= 15 is 0 Å². The normalized spacial score (nSPS) is 13.2. The zero-order valence-corrected chi connectivity index (χ0v) is 11.2. The molecule has 0 fully saturated rings. The SMILES string of the molecule is CCC(CC(N)=NO)Nc1ccc(N(C)C)cc1. The lowest BCUT2D eigenvalue weighted by Gasteiger charge is -2.18.